The quantitative estimate of drug-likeness (QED) is 0.667. The molecule has 3 nitrogen and oxygen atoms in total. The largest absolute Gasteiger partial charge is 0.383 e. The molecule has 0 aromatic heterocycles. The number of hydrogen-bond acceptors (Lipinski definition) is 3. The predicted octanol–water partition coefficient (Wildman–Crippen LogP) is 3.70. The Balaban J connectivity index is 1.95. The van der Waals surface area contributed by atoms with Crippen molar-refractivity contribution in [3.8, 4) is 0 Å². The van der Waals surface area contributed by atoms with Gasteiger partial charge in [0.25, 0.3) is 0 Å². The molecule has 1 saturated carbocycles. The second-order valence-corrected chi connectivity index (χ2v) is 6.25. The molecule has 0 atom stereocenters. The van der Waals surface area contributed by atoms with Crippen LogP contribution in [0.1, 0.15) is 31.7 Å². The zero-order chi connectivity index (χ0) is 15.1. The summed E-state index contributed by atoms with van der Waals surface area (Å²) in [5.41, 5.74) is 2.41. The van der Waals surface area contributed by atoms with Gasteiger partial charge in [0.1, 0.15) is 0 Å². The lowest BCUT2D eigenvalue weighted by atomic mass is 10.1. The van der Waals surface area contributed by atoms with Crippen LogP contribution in [0.2, 0.25) is 5.02 Å². The highest BCUT2D eigenvalue weighted by Crippen LogP contribution is 2.34. The normalized spacial score (nSPS) is 14.4. The second-order valence-electron chi connectivity index (χ2n) is 5.84. The van der Waals surface area contributed by atoms with E-state index in [0.717, 1.165) is 50.1 Å². The molecule has 4 heteroatoms. The summed E-state index contributed by atoms with van der Waals surface area (Å²) in [5.74, 6) is 0.878. The van der Waals surface area contributed by atoms with Gasteiger partial charge in [-0.15, -0.1) is 0 Å². The predicted molar refractivity (Wildman–Crippen MR) is 90.3 cm³/mol. The Labute approximate surface area is 133 Å². The molecule has 0 radical (unpaired) electrons. The monoisotopic (exact) mass is 310 g/mol. The van der Waals surface area contributed by atoms with Crippen molar-refractivity contribution in [1.82, 2.24) is 5.32 Å². The zero-order valence-electron chi connectivity index (χ0n) is 13.2. The van der Waals surface area contributed by atoms with Crippen LogP contribution >= 0.6 is 11.6 Å². The lowest BCUT2D eigenvalue weighted by Crippen LogP contribution is -2.27. The van der Waals surface area contributed by atoms with Crippen LogP contribution in [-0.4, -0.2) is 33.4 Å². The summed E-state index contributed by atoms with van der Waals surface area (Å²) in [6, 6.07) is 6.44. The maximum Gasteiger partial charge on any atom is 0.0642 e. The highest BCUT2D eigenvalue weighted by atomic mass is 35.5. The van der Waals surface area contributed by atoms with E-state index in [-0.39, 0.29) is 0 Å². The molecule has 1 N–H and O–H groups in total. The van der Waals surface area contributed by atoms with Crippen molar-refractivity contribution >= 4 is 17.3 Å². The molecule has 118 valence electrons. The van der Waals surface area contributed by atoms with Crippen LogP contribution in [0.5, 0.6) is 0 Å². The van der Waals surface area contributed by atoms with Crippen LogP contribution in [0.4, 0.5) is 5.69 Å². The number of nitrogens with zero attached hydrogens (tertiary/aromatic N) is 1. The molecule has 0 unspecified atom stereocenters. The summed E-state index contributed by atoms with van der Waals surface area (Å²) < 4.78 is 5.03. The van der Waals surface area contributed by atoms with E-state index in [1.807, 2.05) is 0 Å². The summed E-state index contributed by atoms with van der Waals surface area (Å²) in [7, 11) is 1.72. The van der Waals surface area contributed by atoms with Crippen LogP contribution in [0.15, 0.2) is 18.2 Å². The fourth-order valence-corrected chi connectivity index (χ4v) is 2.84. The zero-order valence-corrected chi connectivity index (χ0v) is 14.0. The molecule has 0 saturated heterocycles. The van der Waals surface area contributed by atoms with E-state index >= 15 is 0 Å². The number of hydrogen-bond donors (Lipinski definition) is 1. The first kappa shape index (κ1) is 16.6. The topological polar surface area (TPSA) is 24.5 Å². The molecule has 1 aliphatic rings. The van der Waals surface area contributed by atoms with E-state index in [1.165, 1.54) is 24.1 Å². The van der Waals surface area contributed by atoms with E-state index in [1.54, 1.807) is 7.11 Å². The van der Waals surface area contributed by atoms with Crippen LogP contribution in [-0.2, 0) is 11.3 Å². The van der Waals surface area contributed by atoms with Crippen molar-refractivity contribution in [1.29, 1.82) is 0 Å². The van der Waals surface area contributed by atoms with E-state index < -0.39 is 0 Å². The summed E-state index contributed by atoms with van der Waals surface area (Å²) >= 11 is 6.51. The van der Waals surface area contributed by atoms with Crippen molar-refractivity contribution in [3.05, 3.63) is 28.8 Å². The summed E-state index contributed by atoms with van der Waals surface area (Å²) in [5, 5.41) is 4.22. The second kappa shape index (κ2) is 8.62. The Bertz CT molecular complexity index is 435. The van der Waals surface area contributed by atoms with Gasteiger partial charge in [0, 0.05) is 33.3 Å². The standard InChI is InChI=1S/C17H27ClN2O/c1-3-9-20(13-14-4-5-14)17-7-6-15(11-16(17)18)12-19-8-10-21-2/h6-7,11,14,19H,3-5,8-10,12-13H2,1-2H3. The van der Waals surface area contributed by atoms with E-state index in [0.29, 0.717) is 0 Å². The first-order valence-corrected chi connectivity index (χ1v) is 8.35. The van der Waals surface area contributed by atoms with Crippen LogP contribution in [0.3, 0.4) is 0 Å². The molecule has 1 fully saturated rings. The van der Waals surface area contributed by atoms with E-state index in [2.05, 4.69) is 35.3 Å². The molecule has 1 aromatic carbocycles. The Morgan fingerprint density at radius 2 is 2.19 bits per heavy atom. The van der Waals surface area contributed by atoms with Crippen LogP contribution < -0.4 is 10.2 Å². The molecule has 0 spiro atoms. The highest BCUT2D eigenvalue weighted by molar-refractivity contribution is 6.33. The molecular weight excluding hydrogens is 284 g/mol. The van der Waals surface area contributed by atoms with E-state index in [4.69, 9.17) is 16.3 Å². The SMILES string of the molecule is CCCN(CC1CC1)c1ccc(CNCCOC)cc1Cl. The molecule has 1 aromatic rings. The van der Waals surface area contributed by atoms with Gasteiger partial charge in [-0.25, -0.2) is 0 Å². The maximum absolute atomic E-state index is 6.51. The maximum atomic E-state index is 6.51. The van der Waals surface area contributed by atoms with Crippen molar-refractivity contribution in [2.45, 2.75) is 32.7 Å². The van der Waals surface area contributed by atoms with Gasteiger partial charge in [-0.1, -0.05) is 24.6 Å². The van der Waals surface area contributed by atoms with Gasteiger partial charge in [0.15, 0.2) is 0 Å². The average Bonchev–Trinajstić information content (AvgIpc) is 3.27. The fraction of sp³-hybridized carbons (Fsp3) is 0.647. The van der Waals surface area contributed by atoms with Crippen molar-refractivity contribution in [2.75, 3.05) is 38.3 Å². The first-order valence-electron chi connectivity index (χ1n) is 7.97. The Morgan fingerprint density at radius 3 is 2.81 bits per heavy atom. The fourth-order valence-electron chi connectivity index (χ4n) is 2.52. The van der Waals surface area contributed by atoms with Crippen molar-refractivity contribution < 1.29 is 4.74 Å². The first-order chi connectivity index (χ1) is 10.2. The summed E-state index contributed by atoms with van der Waals surface area (Å²) in [4.78, 5) is 2.45. The lowest BCUT2D eigenvalue weighted by Gasteiger charge is -2.25. The molecule has 0 heterocycles. The van der Waals surface area contributed by atoms with Gasteiger partial charge in [-0.05, 0) is 42.9 Å². The van der Waals surface area contributed by atoms with Crippen LogP contribution in [0.25, 0.3) is 0 Å². The summed E-state index contributed by atoms with van der Waals surface area (Å²) in [6.07, 6.45) is 3.90. The van der Waals surface area contributed by atoms with Gasteiger partial charge in [-0.2, -0.15) is 0 Å². The minimum atomic E-state index is 0.734. The smallest absolute Gasteiger partial charge is 0.0642 e. The number of ether oxygens (including phenoxy) is 1. The van der Waals surface area contributed by atoms with Gasteiger partial charge < -0.3 is 15.0 Å². The lowest BCUT2D eigenvalue weighted by molar-refractivity contribution is 0.199. The van der Waals surface area contributed by atoms with Crippen LogP contribution in [0, 0.1) is 5.92 Å². The third-order valence-corrected chi connectivity index (χ3v) is 4.14. The van der Waals surface area contributed by atoms with Gasteiger partial charge >= 0.3 is 0 Å². The minimum Gasteiger partial charge on any atom is -0.383 e. The number of halogens is 1. The third-order valence-electron chi connectivity index (χ3n) is 3.83. The van der Waals surface area contributed by atoms with Crippen molar-refractivity contribution in [2.24, 2.45) is 5.92 Å². The molecule has 0 bridgehead atoms. The van der Waals surface area contributed by atoms with Crippen molar-refractivity contribution in [3.63, 3.8) is 0 Å². The Morgan fingerprint density at radius 1 is 1.38 bits per heavy atom. The number of anilines is 1. The number of rotatable bonds is 10. The highest BCUT2D eigenvalue weighted by Gasteiger charge is 2.25. The molecule has 1 aliphatic carbocycles. The number of nitrogens with one attached hydrogen (secondary N) is 1. The Hall–Kier alpha value is -0.770. The van der Waals surface area contributed by atoms with Gasteiger partial charge in [0.05, 0.1) is 17.3 Å². The molecule has 0 aliphatic heterocycles. The summed E-state index contributed by atoms with van der Waals surface area (Å²) in [6.45, 7) is 6.89. The van der Waals surface area contributed by atoms with Gasteiger partial charge in [0.2, 0.25) is 0 Å². The average molecular weight is 311 g/mol. The molecule has 2 rings (SSSR count). The molecule has 0 amide bonds. The third kappa shape index (κ3) is 5.50. The minimum absolute atomic E-state index is 0.734. The molecule has 21 heavy (non-hydrogen) atoms. The van der Waals surface area contributed by atoms with Gasteiger partial charge in [-0.3, -0.25) is 0 Å². The number of methoxy groups -OCH3 is 1. The molecular formula is C17H27ClN2O. The number of benzene rings is 1. The van der Waals surface area contributed by atoms with E-state index in [9.17, 15) is 0 Å². The Kier molecular flexibility index (Phi) is 6.81.